The number of Topliss-reactive ketones (excluding diaryl/α,β-unsaturated/α-hetero) is 1. The van der Waals surface area contributed by atoms with E-state index in [1.165, 1.54) is 12.1 Å². The first kappa shape index (κ1) is 14.6. The number of carbonyl (C=O) groups excluding carboxylic acids is 1. The van der Waals surface area contributed by atoms with E-state index >= 15 is 0 Å². The molecule has 0 saturated carbocycles. The van der Waals surface area contributed by atoms with Crippen LogP contribution < -0.4 is 0 Å². The molecule has 0 amide bonds. The molecule has 0 aliphatic carbocycles. The van der Waals surface area contributed by atoms with Crippen LogP contribution in [0.1, 0.15) is 5.89 Å². The second-order valence-electron chi connectivity index (χ2n) is 3.77. The minimum absolute atomic E-state index is 0.102. The van der Waals surface area contributed by atoms with E-state index in [0.29, 0.717) is 4.47 Å². The van der Waals surface area contributed by atoms with Gasteiger partial charge in [0.25, 0.3) is 0 Å². The molecule has 1 aromatic heterocycles. The summed E-state index contributed by atoms with van der Waals surface area (Å²) in [6.45, 7) is 0. The van der Waals surface area contributed by atoms with Crippen molar-refractivity contribution < 1.29 is 26.9 Å². The molecule has 0 fully saturated rings. The van der Waals surface area contributed by atoms with E-state index in [1.54, 1.807) is 0 Å². The minimum Gasteiger partial charge on any atom is -0.338 e. The average Bonchev–Trinajstić information content (AvgIpc) is 2.75. The van der Waals surface area contributed by atoms with Crippen molar-refractivity contribution in [1.29, 1.82) is 0 Å². The van der Waals surface area contributed by atoms with E-state index in [1.807, 2.05) is 0 Å². The first-order chi connectivity index (χ1) is 9.25. The fourth-order valence-corrected chi connectivity index (χ4v) is 1.83. The molecule has 0 bridgehead atoms. The summed E-state index contributed by atoms with van der Waals surface area (Å²) in [5.74, 6) is -3.15. The molecule has 1 aromatic carbocycles. The third-order valence-electron chi connectivity index (χ3n) is 2.22. The van der Waals surface area contributed by atoms with Crippen molar-refractivity contribution in [2.75, 3.05) is 0 Å². The van der Waals surface area contributed by atoms with Crippen LogP contribution in [0.15, 0.2) is 27.2 Å². The topological polar surface area (TPSA) is 56.0 Å². The number of carbonyl (C=O) groups is 1. The number of halogens is 5. The highest BCUT2D eigenvalue weighted by Gasteiger charge is 2.39. The molecule has 0 atom stereocenters. The Morgan fingerprint density at radius 1 is 1.30 bits per heavy atom. The third-order valence-corrected chi connectivity index (χ3v) is 2.67. The zero-order valence-electron chi connectivity index (χ0n) is 9.54. The number of ketones is 1. The summed E-state index contributed by atoms with van der Waals surface area (Å²) >= 11 is 3.05. The smallest absolute Gasteiger partial charge is 0.338 e. The summed E-state index contributed by atoms with van der Waals surface area (Å²) in [5, 5.41) is 3.41. The average molecular weight is 353 g/mol. The molecule has 0 aliphatic heterocycles. The number of benzene rings is 1. The van der Waals surface area contributed by atoms with Gasteiger partial charge in [0, 0.05) is 10.0 Å². The zero-order chi connectivity index (χ0) is 14.9. The normalized spacial score (nSPS) is 11.7. The van der Waals surface area contributed by atoms with Gasteiger partial charge in [-0.15, -0.1) is 0 Å². The van der Waals surface area contributed by atoms with Crippen LogP contribution in [0.5, 0.6) is 0 Å². The molecular formula is C11H5BrF4N2O2. The van der Waals surface area contributed by atoms with E-state index in [-0.39, 0.29) is 11.4 Å². The molecule has 0 unspecified atom stereocenters. The van der Waals surface area contributed by atoms with Gasteiger partial charge >= 0.3 is 6.18 Å². The minimum atomic E-state index is -4.96. The van der Waals surface area contributed by atoms with Crippen molar-refractivity contribution in [3.05, 3.63) is 34.4 Å². The van der Waals surface area contributed by atoms with Crippen LogP contribution in [-0.4, -0.2) is 22.1 Å². The standard InChI is InChI=1S/C11H5BrF4N2O2/c12-6-1-5(2-7(13)3-6)10-17-9(20-18-10)4-8(19)11(14,15)16/h1-3H,4H2. The molecule has 0 radical (unpaired) electrons. The van der Waals surface area contributed by atoms with Crippen molar-refractivity contribution in [3.63, 3.8) is 0 Å². The fourth-order valence-electron chi connectivity index (χ4n) is 1.36. The van der Waals surface area contributed by atoms with Crippen LogP contribution in [0.25, 0.3) is 11.4 Å². The molecule has 106 valence electrons. The van der Waals surface area contributed by atoms with Gasteiger partial charge in [0.2, 0.25) is 17.5 Å². The predicted molar refractivity (Wildman–Crippen MR) is 62.2 cm³/mol. The van der Waals surface area contributed by atoms with E-state index < -0.39 is 30.1 Å². The second-order valence-corrected chi connectivity index (χ2v) is 4.68. The molecule has 1 heterocycles. The number of hydrogen-bond acceptors (Lipinski definition) is 4. The van der Waals surface area contributed by atoms with Gasteiger partial charge in [-0.2, -0.15) is 18.2 Å². The third kappa shape index (κ3) is 3.41. The summed E-state index contributed by atoms with van der Waals surface area (Å²) in [7, 11) is 0. The Morgan fingerprint density at radius 2 is 2.00 bits per heavy atom. The van der Waals surface area contributed by atoms with Gasteiger partial charge in [0.15, 0.2) is 0 Å². The lowest BCUT2D eigenvalue weighted by molar-refractivity contribution is -0.170. The summed E-state index contributed by atoms with van der Waals surface area (Å²) in [6, 6.07) is 3.74. The Balaban J connectivity index is 2.23. The highest BCUT2D eigenvalue weighted by Crippen LogP contribution is 2.23. The van der Waals surface area contributed by atoms with Gasteiger partial charge < -0.3 is 4.52 Å². The zero-order valence-corrected chi connectivity index (χ0v) is 11.1. The molecule has 0 aliphatic rings. The number of hydrogen-bond donors (Lipinski definition) is 0. The van der Waals surface area contributed by atoms with Crippen LogP contribution in [-0.2, 0) is 11.2 Å². The lowest BCUT2D eigenvalue weighted by Gasteiger charge is -2.00. The Kier molecular flexibility index (Phi) is 3.89. The van der Waals surface area contributed by atoms with Crippen molar-refractivity contribution in [1.82, 2.24) is 10.1 Å². The molecule has 0 spiro atoms. The van der Waals surface area contributed by atoms with Crippen molar-refractivity contribution in [2.45, 2.75) is 12.6 Å². The Hall–Kier alpha value is -1.77. The summed E-state index contributed by atoms with van der Waals surface area (Å²) in [5.41, 5.74) is 0.214. The lowest BCUT2D eigenvalue weighted by Crippen LogP contribution is -2.24. The van der Waals surface area contributed by atoms with Gasteiger partial charge in [0.1, 0.15) is 5.82 Å². The maximum atomic E-state index is 13.2. The number of rotatable bonds is 3. The maximum absolute atomic E-state index is 13.2. The summed E-state index contributed by atoms with van der Waals surface area (Å²) in [6.07, 6.45) is -6.01. The van der Waals surface area contributed by atoms with Gasteiger partial charge in [-0.05, 0) is 18.2 Å². The number of nitrogens with zero attached hydrogens (tertiary/aromatic N) is 2. The van der Waals surface area contributed by atoms with Gasteiger partial charge in [-0.25, -0.2) is 4.39 Å². The lowest BCUT2D eigenvalue weighted by atomic mass is 10.2. The van der Waals surface area contributed by atoms with E-state index in [0.717, 1.165) is 6.07 Å². The summed E-state index contributed by atoms with van der Waals surface area (Å²) in [4.78, 5) is 14.4. The quantitative estimate of drug-likeness (QED) is 0.795. The van der Waals surface area contributed by atoms with Crippen LogP contribution >= 0.6 is 15.9 Å². The molecule has 0 saturated heterocycles. The van der Waals surface area contributed by atoms with E-state index in [9.17, 15) is 22.4 Å². The molecule has 20 heavy (non-hydrogen) atoms. The molecule has 0 N–H and O–H groups in total. The fraction of sp³-hybridized carbons (Fsp3) is 0.182. The van der Waals surface area contributed by atoms with Crippen LogP contribution in [0.3, 0.4) is 0 Å². The first-order valence-electron chi connectivity index (χ1n) is 5.15. The molecule has 2 rings (SSSR count). The monoisotopic (exact) mass is 352 g/mol. The highest BCUT2D eigenvalue weighted by atomic mass is 79.9. The molecule has 9 heteroatoms. The number of alkyl halides is 3. The van der Waals surface area contributed by atoms with Gasteiger partial charge in [0.05, 0.1) is 6.42 Å². The molecule has 2 aromatic rings. The predicted octanol–water partition coefficient (Wildman–Crippen LogP) is 3.31. The molecular weight excluding hydrogens is 348 g/mol. The van der Waals surface area contributed by atoms with Crippen molar-refractivity contribution in [3.8, 4) is 11.4 Å². The van der Waals surface area contributed by atoms with Gasteiger partial charge in [-0.3, -0.25) is 4.79 Å². The Morgan fingerprint density at radius 3 is 2.60 bits per heavy atom. The SMILES string of the molecule is O=C(Cc1nc(-c2cc(F)cc(Br)c2)no1)C(F)(F)F. The maximum Gasteiger partial charge on any atom is 0.450 e. The Labute approximate surface area is 117 Å². The second kappa shape index (κ2) is 5.31. The van der Waals surface area contributed by atoms with Crippen molar-refractivity contribution >= 4 is 21.7 Å². The highest BCUT2D eigenvalue weighted by molar-refractivity contribution is 9.10. The Bertz CT molecular complexity index is 634. The summed E-state index contributed by atoms with van der Waals surface area (Å²) < 4.78 is 54.3. The molecule has 4 nitrogen and oxygen atoms in total. The van der Waals surface area contributed by atoms with Crippen LogP contribution in [0, 0.1) is 5.82 Å². The van der Waals surface area contributed by atoms with Crippen LogP contribution in [0.2, 0.25) is 0 Å². The van der Waals surface area contributed by atoms with Crippen molar-refractivity contribution in [2.24, 2.45) is 0 Å². The first-order valence-corrected chi connectivity index (χ1v) is 5.94. The largest absolute Gasteiger partial charge is 0.450 e. The van der Waals surface area contributed by atoms with Crippen LogP contribution in [0.4, 0.5) is 17.6 Å². The van der Waals surface area contributed by atoms with E-state index in [2.05, 4.69) is 30.6 Å². The van der Waals surface area contributed by atoms with Gasteiger partial charge in [-0.1, -0.05) is 21.1 Å². The van der Waals surface area contributed by atoms with E-state index in [4.69, 9.17) is 0 Å². The number of aromatic nitrogens is 2.